The fourth-order valence-corrected chi connectivity index (χ4v) is 7.81. The number of rotatable bonds is 2. The van der Waals surface area contributed by atoms with Crippen molar-refractivity contribution in [1.82, 2.24) is 0 Å². The molecule has 0 aromatic rings. The lowest BCUT2D eigenvalue weighted by molar-refractivity contribution is -0.161. The van der Waals surface area contributed by atoms with E-state index in [1.54, 1.807) is 0 Å². The maximum Gasteiger partial charge on any atom is 0.302 e. The highest BCUT2D eigenvalue weighted by Gasteiger charge is 2.64. The summed E-state index contributed by atoms with van der Waals surface area (Å²) in [6, 6.07) is 0. The summed E-state index contributed by atoms with van der Waals surface area (Å²) >= 11 is 0. The fraction of sp³-hybridized carbons (Fsp3) is 0.800. The molecule has 0 N–H and O–H groups in total. The van der Waals surface area contributed by atoms with Gasteiger partial charge in [0.2, 0.25) is 0 Å². The SMILES string of the molecule is CC(=O)O[C@H]1CC[C@@]2(C)C(=CC(=O)[C@H]3[C@@H]4CC[C@H](OC(C)=O)[C@@]4(C)CC[C@@H]32)C1(C)C. The predicted octanol–water partition coefficient (Wildman–Crippen LogP) is 4.63. The third kappa shape index (κ3) is 2.98. The van der Waals surface area contributed by atoms with Crippen LogP contribution in [-0.2, 0) is 23.9 Å². The quantitative estimate of drug-likeness (QED) is 0.614. The van der Waals surface area contributed by atoms with E-state index in [0.717, 1.165) is 44.1 Å². The van der Waals surface area contributed by atoms with Gasteiger partial charge < -0.3 is 9.47 Å². The first-order valence-electron chi connectivity index (χ1n) is 11.5. The number of allylic oxidation sites excluding steroid dienone is 1. The lowest BCUT2D eigenvalue weighted by Crippen LogP contribution is -2.57. The van der Waals surface area contributed by atoms with Crippen molar-refractivity contribution in [2.24, 2.45) is 34.0 Å². The Kier molecular flexibility index (Phi) is 4.98. The molecule has 5 heteroatoms. The number of ether oxygens (including phenoxy) is 2. The van der Waals surface area contributed by atoms with Gasteiger partial charge in [0.1, 0.15) is 12.2 Å². The van der Waals surface area contributed by atoms with Crippen LogP contribution in [0.5, 0.6) is 0 Å². The van der Waals surface area contributed by atoms with E-state index in [2.05, 4.69) is 27.7 Å². The third-order valence-electron chi connectivity index (χ3n) is 9.27. The molecule has 0 unspecified atom stereocenters. The molecule has 7 atom stereocenters. The first-order valence-corrected chi connectivity index (χ1v) is 11.5. The zero-order valence-corrected chi connectivity index (χ0v) is 19.2. The van der Waals surface area contributed by atoms with Crippen molar-refractivity contribution in [2.45, 2.75) is 92.3 Å². The summed E-state index contributed by atoms with van der Waals surface area (Å²) in [4.78, 5) is 36.9. The summed E-state index contributed by atoms with van der Waals surface area (Å²) in [5, 5.41) is 0. The van der Waals surface area contributed by atoms with Crippen molar-refractivity contribution >= 4 is 17.7 Å². The van der Waals surface area contributed by atoms with Crippen molar-refractivity contribution in [3.05, 3.63) is 11.6 Å². The highest BCUT2D eigenvalue weighted by atomic mass is 16.5. The molecule has 3 fully saturated rings. The van der Waals surface area contributed by atoms with E-state index in [9.17, 15) is 14.4 Å². The molecule has 0 amide bonds. The van der Waals surface area contributed by atoms with Crippen LogP contribution in [0, 0.1) is 34.0 Å². The molecular formula is C25H36O5. The average Bonchev–Trinajstić information content (AvgIpc) is 2.95. The molecule has 166 valence electrons. The van der Waals surface area contributed by atoms with Gasteiger partial charge in [0.15, 0.2) is 5.78 Å². The third-order valence-corrected chi connectivity index (χ3v) is 9.27. The predicted molar refractivity (Wildman–Crippen MR) is 112 cm³/mol. The van der Waals surface area contributed by atoms with Gasteiger partial charge in [0, 0.05) is 30.6 Å². The first-order chi connectivity index (χ1) is 13.9. The molecular weight excluding hydrogens is 380 g/mol. The van der Waals surface area contributed by atoms with E-state index in [1.807, 2.05) is 6.08 Å². The highest BCUT2D eigenvalue weighted by molar-refractivity contribution is 5.95. The normalized spacial score (nSPS) is 44.3. The van der Waals surface area contributed by atoms with Gasteiger partial charge in [-0.3, -0.25) is 14.4 Å². The summed E-state index contributed by atoms with van der Waals surface area (Å²) in [5.74, 6) is 0.308. The Labute approximate surface area is 179 Å². The summed E-state index contributed by atoms with van der Waals surface area (Å²) in [6.07, 6.45) is 7.16. The Hall–Kier alpha value is -1.65. The van der Waals surface area contributed by atoms with Gasteiger partial charge in [-0.1, -0.05) is 33.3 Å². The van der Waals surface area contributed by atoms with E-state index in [0.29, 0.717) is 5.92 Å². The van der Waals surface area contributed by atoms with Crippen LogP contribution >= 0.6 is 0 Å². The molecule has 0 saturated heterocycles. The van der Waals surface area contributed by atoms with Crippen LogP contribution < -0.4 is 0 Å². The topological polar surface area (TPSA) is 69.7 Å². The fourth-order valence-electron chi connectivity index (χ4n) is 7.81. The first kappa shape index (κ1) is 21.6. The van der Waals surface area contributed by atoms with Gasteiger partial charge in [-0.2, -0.15) is 0 Å². The number of fused-ring (bicyclic) bond motifs is 5. The summed E-state index contributed by atoms with van der Waals surface area (Å²) in [7, 11) is 0. The largest absolute Gasteiger partial charge is 0.462 e. The lowest BCUT2D eigenvalue weighted by Gasteiger charge is -2.60. The van der Waals surface area contributed by atoms with Crippen LogP contribution in [0.1, 0.15) is 80.1 Å². The number of hydrogen-bond donors (Lipinski definition) is 0. The maximum absolute atomic E-state index is 13.6. The molecule has 4 aliphatic carbocycles. The second kappa shape index (κ2) is 6.93. The minimum Gasteiger partial charge on any atom is -0.462 e. The van der Waals surface area contributed by atoms with E-state index in [-0.39, 0.29) is 58.0 Å². The standard InChI is InChI=1S/C25H36O5/c1-14(26)29-20-10-12-24(5)17-9-11-25(6)16(7-8-21(25)30-15(2)27)22(17)18(28)13-19(24)23(20,3)4/h13,16-17,20-22H,7-12H2,1-6H3/t16-,17-,20-,21-,22-,24+,25-/m0/s1. The number of carbonyl (C=O) groups is 3. The minimum absolute atomic E-state index is 0.000802. The molecule has 0 aromatic carbocycles. The van der Waals surface area contributed by atoms with Gasteiger partial charge in [-0.15, -0.1) is 0 Å². The number of ketones is 1. The molecule has 0 spiro atoms. The Bertz CT molecular complexity index is 810. The molecule has 5 nitrogen and oxygen atoms in total. The number of esters is 2. The zero-order valence-electron chi connectivity index (χ0n) is 19.2. The van der Waals surface area contributed by atoms with Crippen molar-refractivity contribution < 1.29 is 23.9 Å². The number of carbonyl (C=O) groups excluding carboxylic acids is 3. The Balaban J connectivity index is 1.70. The van der Waals surface area contributed by atoms with Gasteiger partial charge >= 0.3 is 11.9 Å². The van der Waals surface area contributed by atoms with Crippen LogP contribution in [0.15, 0.2) is 11.6 Å². The molecule has 3 saturated carbocycles. The zero-order chi connectivity index (χ0) is 22.1. The van der Waals surface area contributed by atoms with Crippen LogP contribution in [0.4, 0.5) is 0 Å². The van der Waals surface area contributed by atoms with Crippen molar-refractivity contribution in [3.63, 3.8) is 0 Å². The Morgan fingerprint density at radius 3 is 2.13 bits per heavy atom. The number of hydrogen-bond acceptors (Lipinski definition) is 5. The van der Waals surface area contributed by atoms with E-state index in [4.69, 9.17) is 9.47 Å². The molecule has 4 rings (SSSR count). The highest BCUT2D eigenvalue weighted by Crippen LogP contribution is 2.66. The van der Waals surface area contributed by atoms with Crippen LogP contribution in [-0.4, -0.2) is 29.9 Å². The van der Waals surface area contributed by atoms with Gasteiger partial charge in [-0.25, -0.2) is 0 Å². The molecule has 0 radical (unpaired) electrons. The average molecular weight is 417 g/mol. The smallest absolute Gasteiger partial charge is 0.302 e. The molecule has 30 heavy (non-hydrogen) atoms. The van der Waals surface area contributed by atoms with Gasteiger partial charge in [-0.05, 0) is 61.9 Å². The van der Waals surface area contributed by atoms with E-state index >= 15 is 0 Å². The summed E-state index contributed by atoms with van der Waals surface area (Å²) in [6.45, 7) is 11.7. The second-order valence-electron chi connectivity index (χ2n) is 11.2. The van der Waals surface area contributed by atoms with Gasteiger partial charge in [0.05, 0.1) is 0 Å². The minimum atomic E-state index is -0.351. The van der Waals surface area contributed by atoms with E-state index in [1.165, 1.54) is 13.8 Å². The molecule has 0 aliphatic heterocycles. The monoisotopic (exact) mass is 416 g/mol. The Morgan fingerprint density at radius 2 is 1.50 bits per heavy atom. The Morgan fingerprint density at radius 1 is 0.867 bits per heavy atom. The summed E-state index contributed by atoms with van der Waals surface area (Å²) < 4.78 is 11.4. The second-order valence-corrected chi connectivity index (χ2v) is 11.2. The van der Waals surface area contributed by atoms with Crippen LogP contribution in [0.25, 0.3) is 0 Å². The molecule has 0 aromatic heterocycles. The lowest BCUT2D eigenvalue weighted by atomic mass is 9.44. The molecule has 0 heterocycles. The van der Waals surface area contributed by atoms with E-state index < -0.39 is 0 Å². The molecule has 0 bridgehead atoms. The van der Waals surface area contributed by atoms with Gasteiger partial charge in [0.25, 0.3) is 0 Å². The van der Waals surface area contributed by atoms with Crippen molar-refractivity contribution in [3.8, 4) is 0 Å². The molecule has 4 aliphatic rings. The van der Waals surface area contributed by atoms with Crippen LogP contribution in [0.3, 0.4) is 0 Å². The van der Waals surface area contributed by atoms with Crippen molar-refractivity contribution in [2.75, 3.05) is 0 Å². The van der Waals surface area contributed by atoms with Crippen LogP contribution in [0.2, 0.25) is 0 Å². The maximum atomic E-state index is 13.6. The summed E-state index contributed by atoms with van der Waals surface area (Å²) in [5.41, 5.74) is 0.640. The van der Waals surface area contributed by atoms with Crippen molar-refractivity contribution in [1.29, 1.82) is 0 Å².